The van der Waals surface area contributed by atoms with Crippen molar-refractivity contribution in [3.63, 3.8) is 0 Å². The van der Waals surface area contributed by atoms with Crippen LogP contribution in [0.15, 0.2) is 65.3 Å². The molecule has 0 saturated heterocycles. The summed E-state index contributed by atoms with van der Waals surface area (Å²) < 4.78 is 19.8. The summed E-state index contributed by atoms with van der Waals surface area (Å²) >= 11 is 0. The topological polar surface area (TPSA) is 26.3 Å². The van der Waals surface area contributed by atoms with Gasteiger partial charge in [0.1, 0.15) is 12.3 Å². The van der Waals surface area contributed by atoms with Gasteiger partial charge in [0.25, 0.3) is 0 Å². The number of esters is 1. The van der Waals surface area contributed by atoms with Crippen molar-refractivity contribution < 1.29 is 13.9 Å². The minimum absolute atomic E-state index is 0.173. The first-order valence-electron chi connectivity index (χ1n) is 9.27. The molecular weight excluding hydrogens is 327 g/mol. The summed E-state index contributed by atoms with van der Waals surface area (Å²) in [6.45, 7) is 5.86. The van der Waals surface area contributed by atoms with Crippen LogP contribution in [-0.4, -0.2) is 11.6 Å². The summed E-state index contributed by atoms with van der Waals surface area (Å²) in [6.07, 6.45) is 9.06. The van der Waals surface area contributed by atoms with Crippen LogP contribution in [-0.2, 0) is 16.1 Å². The second kappa shape index (κ2) is 9.51. The highest BCUT2D eigenvalue weighted by Crippen LogP contribution is 2.28. The third-order valence-corrected chi connectivity index (χ3v) is 4.42. The number of carbonyl (C=O) groups excluding carboxylic acids is 1. The molecule has 1 aliphatic carbocycles. The summed E-state index contributed by atoms with van der Waals surface area (Å²) in [5.41, 5.74) is 2.92. The first-order valence-corrected chi connectivity index (χ1v) is 9.27. The number of benzene rings is 1. The maximum absolute atomic E-state index is 14.5. The highest BCUT2D eigenvalue weighted by Gasteiger charge is 2.21. The molecule has 0 fully saturated rings. The highest BCUT2D eigenvalue weighted by molar-refractivity contribution is 5.69. The Bertz CT molecular complexity index is 696. The maximum atomic E-state index is 14.5. The molecule has 1 atom stereocenters. The fraction of sp³-hybridized carbons (Fsp3) is 0.435. The first kappa shape index (κ1) is 20.2. The zero-order valence-corrected chi connectivity index (χ0v) is 16.1. The number of allylic oxidation sites excluding steroid dienone is 6. The molecule has 0 heterocycles. The second-order valence-corrected chi connectivity index (χ2v) is 7.40. The van der Waals surface area contributed by atoms with Crippen LogP contribution in [0.3, 0.4) is 0 Å². The van der Waals surface area contributed by atoms with Gasteiger partial charge in [-0.2, -0.15) is 0 Å². The Kier molecular flexibility index (Phi) is 7.38. The van der Waals surface area contributed by atoms with Gasteiger partial charge in [-0.25, -0.2) is 4.39 Å². The summed E-state index contributed by atoms with van der Waals surface area (Å²) in [5.74, 6) is -0.173. The Morgan fingerprint density at radius 2 is 1.96 bits per heavy atom. The van der Waals surface area contributed by atoms with Gasteiger partial charge in [-0.05, 0) is 51.7 Å². The quantitative estimate of drug-likeness (QED) is 0.445. The van der Waals surface area contributed by atoms with Crippen molar-refractivity contribution in [2.24, 2.45) is 0 Å². The summed E-state index contributed by atoms with van der Waals surface area (Å²) in [6, 6.07) is 9.69. The van der Waals surface area contributed by atoms with Crippen LogP contribution in [0.25, 0.3) is 0 Å². The molecule has 2 nitrogen and oxygen atoms in total. The van der Waals surface area contributed by atoms with Crippen molar-refractivity contribution >= 4 is 5.97 Å². The highest BCUT2D eigenvalue weighted by atomic mass is 19.1. The van der Waals surface area contributed by atoms with E-state index in [0.717, 1.165) is 36.0 Å². The van der Waals surface area contributed by atoms with Crippen LogP contribution in [0.5, 0.6) is 0 Å². The van der Waals surface area contributed by atoms with Crippen LogP contribution >= 0.6 is 0 Å². The molecule has 1 aromatic rings. The first-order chi connectivity index (χ1) is 12.3. The average Bonchev–Trinajstić information content (AvgIpc) is 2.61. The fourth-order valence-electron chi connectivity index (χ4n) is 3.32. The van der Waals surface area contributed by atoms with Crippen molar-refractivity contribution in [3.05, 3.63) is 70.8 Å². The van der Waals surface area contributed by atoms with E-state index < -0.39 is 5.67 Å². The van der Waals surface area contributed by atoms with E-state index in [1.165, 1.54) is 5.57 Å². The molecule has 0 aromatic heterocycles. The Labute approximate surface area is 156 Å². The van der Waals surface area contributed by atoms with Crippen LogP contribution in [0, 0.1) is 0 Å². The molecule has 3 heteroatoms. The van der Waals surface area contributed by atoms with E-state index in [1.54, 1.807) is 13.0 Å². The number of ether oxygens (including phenoxy) is 1. The van der Waals surface area contributed by atoms with E-state index >= 15 is 0 Å². The molecule has 0 spiro atoms. The lowest BCUT2D eigenvalue weighted by Gasteiger charge is -2.16. The Morgan fingerprint density at radius 3 is 2.69 bits per heavy atom. The minimum Gasteiger partial charge on any atom is -0.461 e. The number of carbonyl (C=O) groups is 1. The van der Waals surface area contributed by atoms with E-state index in [0.29, 0.717) is 19.4 Å². The van der Waals surface area contributed by atoms with Crippen molar-refractivity contribution in [1.29, 1.82) is 0 Å². The van der Waals surface area contributed by atoms with Crippen molar-refractivity contribution in [2.45, 2.75) is 65.2 Å². The third-order valence-electron chi connectivity index (χ3n) is 4.42. The van der Waals surface area contributed by atoms with Gasteiger partial charge in [0.05, 0.1) is 0 Å². The van der Waals surface area contributed by atoms with Crippen molar-refractivity contribution in [3.8, 4) is 0 Å². The molecule has 0 N–H and O–H groups in total. The molecule has 2 rings (SSSR count). The van der Waals surface area contributed by atoms with Gasteiger partial charge in [-0.15, -0.1) is 0 Å². The zero-order chi connectivity index (χ0) is 19.0. The normalized spacial score (nSPS) is 22.8. The lowest BCUT2D eigenvalue weighted by atomic mass is 9.97. The number of hydrogen-bond donors (Lipinski definition) is 0. The molecule has 1 aliphatic rings. The van der Waals surface area contributed by atoms with Crippen LogP contribution in [0.4, 0.5) is 4.39 Å². The predicted molar refractivity (Wildman–Crippen MR) is 104 cm³/mol. The molecule has 0 amide bonds. The molecule has 0 bridgehead atoms. The number of hydrogen-bond acceptors (Lipinski definition) is 2. The van der Waals surface area contributed by atoms with Gasteiger partial charge in [-0.1, -0.05) is 59.2 Å². The van der Waals surface area contributed by atoms with Gasteiger partial charge in [0.15, 0.2) is 0 Å². The molecule has 26 heavy (non-hydrogen) atoms. The monoisotopic (exact) mass is 356 g/mol. The largest absolute Gasteiger partial charge is 0.461 e. The smallest absolute Gasteiger partial charge is 0.306 e. The van der Waals surface area contributed by atoms with Gasteiger partial charge >= 0.3 is 5.97 Å². The zero-order valence-electron chi connectivity index (χ0n) is 16.1. The molecule has 1 unspecified atom stereocenters. The van der Waals surface area contributed by atoms with Crippen LogP contribution < -0.4 is 0 Å². The Hall–Kier alpha value is -2.16. The van der Waals surface area contributed by atoms with Crippen molar-refractivity contribution in [2.75, 3.05) is 0 Å². The van der Waals surface area contributed by atoms with E-state index in [4.69, 9.17) is 4.74 Å². The van der Waals surface area contributed by atoms with Crippen molar-refractivity contribution in [1.82, 2.24) is 0 Å². The van der Waals surface area contributed by atoms with E-state index in [2.05, 4.69) is 12.2 Å². The predicted octanol–water partition coefficient (Wildman–Crippen LogP) is 6.24. The van der Waals surface area contributed by atoms with E-state index in [1.807, 2.05) is 44.2 Å². The van der Waals surface area contributed by atoms with E-state index in [-0.39, 0.29) is 5.97 Å². The number of halogens is 1. The van der Waals surface area contributed by atoms with Gasteiger partial charge in [-0.3, -0.25) is 4.79 Å². The maximum Gasteiger partial charge on any atom is 0.306 e. The number of alkyl halides is 1. The molecule has 1 aromatic carbocycles. The molecular formula is C23H29FO2. The summed E-state index contributed by atoms with van der Waals surface area (Å²) in [7, 11) is 0. The van der Waals surface area contributed by atoms with Gasteiger partial charge < -0.3 is 4.74 Å². The average molecular weight is 356 g/mol. The second-order valence-electron chi connectivity index (χ2n) is 7.40. The third kappa shape index (κ3) is 7.38. The molecule has 0 aliphatic heterocycles. The Morgan fingerprint density at radius 1 is 1.23 bits per heavy atom. The van der Waals surface area contributed by atoms with Gasteiger partial charge in [0, 0.05) is 12.8 Å². The molecule has 0 saturated carbocycles. The van der Waals surface area contributed by atoms with Gasteiger partial charge in [0.2, 0.25) is 0 Å². The van der Waals surface area contributed by atoms with Crippen LogP contribution in [0.1, 0.15) is 58.4 Å². The number of rotatable bonds is 6. The summed E-state index contributed by atoms with van der Waals surface area (Å²) in [4.78, 5) is 11.9. The minimum atomic E-state index is -1.31. The molecule has 140 valence electrons. The standard InChI is InChI=1S/C23H29FO2/c1-18-12-13-20(14-19(2)16-23(3,24)15-18)10-7-11-22(25)26-17-21-8-5-4-6-9-21/h4-6,8-9,12,14,16H,7,10-11,13,15,17H2,1-3H3/b18-12-,19-16?,20-14?. The van der Waals surface area contributed by atoms with E-state index in [9.17, 15) is 9.18 Å². The van der Waals surface area contributed by atoms with Crippen LogP contribution in [0.2, 0.25) is 0 Å². The lowest BCUT2D eigenvalue weighted by molar-refractivity contribution is -0.145. The summed E-state index contributed by atoms with van der Waals surface area (Å²) in [5, 5.41) is 0. The molecule has 0 radical (unpaired) electrons. The SMILES string of the molecule is CC1=CC(C)(F)C/C(C)=C\CC(CCCC(=O)OCc2ccccc2)=C1. The fourth-order valence-corrected chi connectivity index (χ4v) is 3.32. The lowest BCUT2D eigenvalue weighted by Crippen LogP contribution is -2.14. The Balaban J connectivity index is 1.84.